The van der Waals surface area contributed by atoms with Gasteiger partial charge in [-0.15, -0.1) is 0 Å². The topological polar surface area (TPSA) is 80.7 Å². The quantitative estimate of drug-likeness (QED) is 0.387. The maximum Gasteiger partial charge on any atom is 0.325 e. The van der Waals surface area contributed by atoms with Crippen LogP contribution < -0.4 is 0 Å². The molecule has 1 aliphatic heterocycles. The lowest BCUT2D eigenvalue weighted by Crippen LogP contribution is -2.66. The van der Waals surface area contributed by atoms with E-state index >= 15 is 0 Å². The second-order valence-corrected chi connectivity index (χ2v) is 9.73. The molecular formula is C11H11Br3O5. The third-order valence-electron chi connectivity index (χ3n) is 4.43. The van der Waals surface area contributed by atoms with Crippen molar-refractivity contribution in [2.75, 3.05) is 5.33 Å². The fourth-order valence-electron chi connectivity index (χ4n) is 2.99. The Bertz CT molecular complexity index is 501. The number of hydrogen-bond acceptors (Lipinski definition) is 4. The lowest BCUT2D eigenvalue weighted by Gasteiger charge is -2.49. The number of carboxylic acids is 1. The summed E-state index contributed by atoms with van der Waals surface area (Å²) in [5.41, 5.74) is -4.43. The molecular weight excluding hydrogens is 452 g/mol. The Hall–Kier alpha value is 0.0500. The van der Waals surface area contributed by atoms with Gasteiger partial charge in [-0.1, -0.05) is 61.6 Å². The van der Waals surface area contributed by atoms with Crippen molar-refractivity contribution in [2.24, 2.45) is 10.8 Å². The van der Waals surface area contributed by atoms with E-state index in [9.17, 15) is 19.5 Å². The van der Waals surface area contributed by atoms with Crippen molar-refractivity contribution in [1.29, 1.82) is 0 Å². The molecule has 106 valence electrons. The molecule has 1 aliphatic carbocycles. The molecule has 1 N–H and O–H groups in total. The van der Waals surface area contributed by atoms with Crippen molar-refractivity contribution in [2.45, 2.75) is 29.1 Å². The molecule has 0 radical (unpaired) electrons. The van der Waals surface area contributed by atoms with Gasteiger partial charge in [0.1, 0.15) is 3.23 Å². The largest absolute Gasteiger partial charge is 0.480 e. The maximum atomic E-state index is 12.6. The van der Waals surface area contributed by atoms with E-state index in [1.165, 1.54) is 0 Å². The van der Waals surface area contributed by atoms with Crippen molar-refractivity contribution in [3.8, 4) is 0 Å². The minimum atomic E-state index is -1.76. The molecule has 2 rings (SSSR count). The standard InChI is InChI=1S/C11H11Br3O5/c1-8(2)9(6(16)17)3-11(13,14)5(15)10(8,4-12)19-7(9)18/h3-4H2,1-2H3,(H,16,17)/t9-,10-/m0/s1. The van der Waals surface area contributed by atoms with E-state index in [0.717, 1.165) is 0 Å². The molecule has 1 saturated carbocycles. The molecule has 0 unspecified atom stereocenters. The third kappa shape index (κ3) is 1.48. The van der Waals surface area contributed by atoms with Crippen LogP contribution in [0.5, 0.6) is 0 Å². The van der Waals surface area contributed by atoms with Crippen molar-refractivity contribution >= 4 is 65.5 Å². The highest BCUT2D eigenvalue weighted by Crippen LogP contribution is 2.67. The molecule has 0 spiro atoms. The number of carbonyl (C=O) groups is 3. The van der Waals surface area contributed by atoms with Gasteiger partial charge >= 0.3 is 11.9 Å². The lowest BCUT2D eigenvalue weighted by molar-refractivity contribution is -0.165. The predicted molar refractivity (Wildman–Crippen MR) is 76.7 cm³/mol. The summed E-state index contributed by atoms with van der Waals surface area (Å²) < 4.78 is 3.99. The first-order valence-electron chi connectivity index (χ1n) is 5.45. The molecule has 0 aromatic rings. The van der Waals surface area contributed by atoms with Crippen molar-refractivity contribution in [3.63, 3.8) is 0 Å². The highest BCUT2D eigenvalue weighted by Gasteiger charge is 2.82. The molecule has 1 heterocycles. The van der Waals surface area contributed by atoms with Gasteiger partial charge in [0.2, 0.25) is 5.78 Å². The van der Waals surface area contributed by atoms with Gasteiger partial charge < -0.3 is 9.84 Å². The molecule has 0 aromatic carbocycles. The summed E-state index contributed by atoms with van der Waals surface area (Å²) in [6, 6.07) is 0. The number of esters is 1. The number of carboxylic acid groups (broad SMARTS) is 1. The smallest absolute Gasteiger partial charge is 0.325 e. The first-order valence-corrected chi connectivity index (χ1v) is 8.16. The van der Waals surface area contributed by atoms with Crippen LogP contribution in [0.2, 0.25) is 0 Å². The van der Waals surface area contributed by atoms with Crippen LogP contribution in [0.3, 0.4) is 0 Å². The summed E-state index contributed by atoms with van der Waals surface area (Å²) in [5.74, 6) is -2.52. The third-order valence-corrected chi connectivity index (χ3v) is 6.50. The Balaban J connectivity index is 2.80. The van der Waals surface area contributed by atoms with Gasteiger partial charge in [0, 0.05) is 11.8 Å². The molecule has 2 atom stereocenters. The minimum absolute atomic E-state index is 0.0472. The van der Waals surface area contributed by atoms with Gasteiger partial charge in [0.05, 0.1) is 5.33 Å². The number of ketones is 1. The fraction of sp³-hybridized carbons (Fsp3) is 0.727. The number of carbonyl (C=O) groups excluding carboxylic acids is 2. The molecule has 2 bridgehead atoms. The Morgan fingerprint density at radius 3 is 2.32 bits per heavy atom. The first-order chi connectivity index (χ1) is 8.49. The highest BCUT2D eigenvalue weighted by atomic mass is 79.9. The van der Waals surface area contributed by atoms with E-state index in [1.54, 1.807) is 13.8 Å². The van der Waals surface area contributed by atoms with E-state index in [2.05, 4.69) is 47.8 Å². The number of hydrogen-bond donors (Lipinski definition) is 1. The second kappa shape index (κ2) is 4.04. The SMILES string of the molecule is CC1(C)[C@]2(C(=O)O)CC(Br)(Br)C(=O)[C@]1(CBr)OC2=O. The van der Waals surface area contributed by atoms with Crippen molar-refractivity contribution < 1.29 is 24.2 Å². The number of fused-ring (bicyclic) bond motifs is 2. The predicted octanol–water partition coefficient (Wildman–Crippen LogP) is 2.23. The summed E-state index contributed by atoms with van der Waals surface area (Å²) in [5, 5.41) is 9.63. The second-order valence-electron chi connectivity index (χ2n) is 5.40. The Kier molecular flexibility index (Phi) is 3.28. The maximum absolute atomic E-state index is 12.6. The molecule has 5 nitrogen and oxygen atoms in total. The summed E-state index contributed by atoms with van der Waals surface area (Å²) in [6.45, 7) is 3.17. The van der Waals surface area contributed by atoms with E-state index < -0.39 is 31.6 Å². The number of rotatable bonds is 2. The zero-order valence-electron chi connectivity index (χ0n) is 10.1. The van der Waals surface area contributed by atoms with Gasteiger partial charge in [-0.3, -0.25) is 14.4 Å². The average molecular weight is 463 g/mol. The molecule has 2 fully saturated rings. The molecule has 19 heavy (non-hydrogen) atoms. The minimum Gasteiger partial charge on any atom is -0.480 e. The van der Waals surface area contributed by atoms with Gasteiger partial charge in [-0.2, -0.15) is 0 Å². The van der Waals surface area contributed by atoms with Crippen LogP contribution in [0.1, 0.15) is 20.3 Å². The van der Waals surface area contributed by atoms with Crippen LogP contribution in [-0.2, 0) is 19.1 Å². The summed E-state index contributed by atoms with van der Waals surface area (Å²) in [6.07, 6.45) is -0.200. The van der Waals surface area contributed by atoms with E-state index in [-0.39, 0.29) is 17.5 Å². The Labute approximate surface area is 134 Å². The molecule has 0 aromatic heterocycles. The van der Waals surface area contributed by atoms with Crippen LogP contribution in [0, 0.1) is 10.8 Å². The van der Waals surface area contributed by atoms with Crippen LogP contribution in [0.4, 0.5) is 0 Å². The Morgan fingerprint density at radius 1 is 1.37 bits per heavy atom. The monoisotopic (exact) mass is 460 g/mol. The summed E-state index contributed by atoms with van der Waals surface area (Å²) in [7, 11) is 0. The van der Waals surface area contributed by atoms with Gasteiger partial charge in [-0.25, -0.2) is 0 Å². The van der Waals surface area contributed by atoms with E-state index in [0.29, 0.717) is 0 Å². The fourth-order valence-corrected chi connectivity index (χ4v) is 5.54. The lowest BCUT2D eigenvalue weighted by atomic mass is 9.53. The zero-order chi connectivity index (χ0) is 14.9. The number of halogens is 3. The normalized spacial score (nSPS) is 39.0. The summed E-state index contributed by atoms with van der Waals surface area (Å²) in [4.78, 5) is 36.5. The highest BCUT2D eigenvalue weighted by molar-refractivity contribution is 9.26. The number of Topliss-reactive ketones (excluding diaryl/α,β-unsaturated/α-hetero) is 1. The molecule has 2 aliphatic rings. The number of alkyl halides is 3. The van der Waals surface area contributed by atoms with Crippen LogP contribution in [0.25, 0.3) is 0 Å². The Morgan fingerprint density at radius 2 is 1.89 bits per heavy atom. The van der Waals surface area contributed by atoms with Crippen LogP contribution in [0.15, 0.2) is 0 Å². The van der Waals surface area contributed by atoms with Crippen molar-refractivity contribution in [1.82, 2.24) is 0 Å². The van der Waals surface area contributed by atoms with Gasteiger partial charge in [-0.05, 0) is 0 Å². The van der Waals surface area contributed by atoms with E-state index in [1.807, 2.05) is 0 Å². The van der Waals surface area contributed by atoms with E-state index in [4.69, 9.17) is 4.74 Å². The zero-order valence-corrected chi connectivity index (χ0v) is 14.9. The van der Waals surface area contributed by atoms with Gasteiger partial charge in [0.15, 0.2) is 11.0 Å². The molecule has 1 saturated heterocycles. The molecule has 8 heteroatoms. The number of aliphatic carboxylic acids is 1. The average Bonchev–Trinajstić information content (AvgIpc) is 2.40. The van der Waals surface area contributed by atoms with Crippen molar-refractivity contribution in [3.05, 3.63) is 0 Å². The van der Waals surface area contributed by atoms with Crippen LogP contribution >= 0.6 is 47.8 Å². The first kappa shape index (κ1) is 15.4. The summed E-state index contributed by atoms with van der Waals surface area (Å²) >= 11 is 9.57. The van der Waals surface area contributed by atoms with Gasteiger partial charge in [0.25, 0.3) is 0 Å². The van der Waals surface area contributed by atoms with Crippen LogP contribution in [-0.4, -0.2) is 37.0 Å². The number of ether oxygens (including phenoxy) is 1. The molecule has 0 amide bonds.